The molecule has 186 valence electrons. The number of carboxylic acids is 1. The van der Waals surface area contributed by atoms with E-state index in [1.54, 1.807) is 55.7 Å². The lowest BCUT2D eigenvalue weighted by atomic mass is 9.94. The Morgan fingerprint density at radius 2 is 1.30 bits per heavy atom. The monoisotopic (exact) mass is 493 g/mol. The van der Waals surface area contributed by atoms with E-state index in [0.29, 0.717) is 28.1 Å². The van der Waals surface area contributed by atoms with Crippen molar-refractivity contribution in [2.45, 2.75) is 13.0 Å². The number of carbonyl (C=O) groups is 3. The van der Waals surface area contributed by atoms with Gasteiger partial charge in [0.1, 0.15) is 5.82 Å². The van der Waals surface area contributed by atoms with E-state index in [1.165, 1.54) is 9.80 Å². The topological polar surface area (TPSA) is 90.8 Å². The van der Waals surface area contributed by atoms with Crippen LogP contribution in [0.5, 0.6) is 0 Å². The molecule has 4 aromatic rings. The molecule has 0 radical (unpaired) electrons. The van der Waals surface area contributed by atoms with Gasteiger partial charge in [0.25, 0.3) is 11.8 Å². The molecular formula is C30H27N3O4. The second-order valence-electron chi connectivity index (χ2n) is 8.50. The Hall–Kier alpha value is -4.78. The van der Waals surface area contributed by atoms with E-state index in [4.69, 9.17) is 0 Å². The molecule has 3 aromatic carbocycles. The van der Waals surface area contributed by atoms with Gasteiger partial charge in [0.2, 0.25) is 0 Å². The number of amides is 2. The van der Waals surface area contributed by atoms with Crippen LogP contribution in [0.25, 0.3) is 11.1 Å². The lowest BCUT2D eigenvalue weighted by Gasteiger charge is -2.24. The molecule has 0 saturated heterocycles. The maximum Gasteiger partial charge on any atom is 0.305 e. The van der Waals surface area contributed by atoms with Gasteiger partial charge in [-0.2, -0.15) is 0 Å². The third-order valence-electron chi connectivity index (χ3n) is 6.00. The second kappa shape index (κ2) is 11.8. The minimum atomic E-state index is -0.979. The number of carbonyl (C=O) groups excluding carboxylic acids is 2. The van der Waals surface area contributed by atoms with E-state index >= 15 is 0 Å². The van der Waals surface area contributed by atoms with E-state index in [1.807, 2.05) is 54.6 Å². The number of benzene rings is 3. The molecule has 0 unspecified atom stereocenters. The third-order valence-corrected chi connectivity index (χ3v) is 6.00. The Bertz CT molecular complexity index is 1390. The van der Waals surface area contributed by atoms with Gasteiger partial charge in [-0.15, -0.1) is 0 Å². The van der Waals surface area contributed by atoms with Crippen LogP contribution in [0.15, 0.2) is 103 Å². The molecule has 0 spiro atoms. The third kappa shape index (κ3) is 6.08. The van der Waals surface area contributed by atoms with Crippen LogP contribution in [0.1, 0.15) is 32.7 Å². The summed E-state index contributed by atoms with van der Waals surface area (Å²) < 4.78 is 0. The summed E-state index contributed by atoms with van der Waals surface area (Å²) in [5.74, 6) is -1.04. The molecule has 37 heavy (non-hydrogen) atoms. The smallest absolute Gasteiger partial charge is 0.305 e. The second-order valence-corrected chi connectivity index (χ2v) is 8.50. The number of anilines is 1. The van der Waals surface area contributed by atoms with Gasteiger partial charge in [0, 0.05) is 37.5 Å². The number of aromatic nitrogens is 1. The highest BCUT2D eigenvalue weighted by Gasteiger charge is 2.24. The number of aliphatic carboxylic acids is 1. The van der Waals surface area contributed by atoms with Crippen molar-refractivity contribution >= 4 is 23.6 Å². The molecule has 1 N–H and O–H groups in total. The summed E-state index contributed by atoms with van der Waals surface area (Å²) in [5.41, 5.74) is 2.92. The molecule has 7 heteroatoms. The van der Waals surface area contributed by atoms with Gasteiger partial charge in [0.15, 0.2) is 0 Å². The van der Waals surface area contributed by atoms with E-state index in [2.05, 4.69) is 4.98 Å². The van der Waals surface area contributed by atoms with Gasteiger partial charge in [-0.1, -0.05) is 72.8 Å². The molecule has 1 aromatic heterocycles. The van der Waals surface area contributed by atoms with Crippen LogP contribution in [-0.4, -0.2) is 46.4 Å². The highest BCUT2D eigenvalue weighted by atomic mass is 16.4. The Balaban J connectivity index is 1.72. The number of hydrogen-bond donors (Lipinski definition) is 1. The number of carboxylic acid groups (broad SMARTS) is 1. The van der Waals surface area contributed by atoms with Gasteiger partial charge in [-0.3, -0.25) is 19.3 Å². The molecule has 0 saturated carbocycles. The zero-order chi connectivity index (χ0) is 26.2. The number of rotatable bonds is 9. The average Bonchev–Trinajstić information content (AvgIpc) is 2.95. The summed E-state index contributed by atoms with van der Waals surface area (Å²) in [6, 6.07) is 29.0. The predicted molar refractivity (Wildman–Crippen MR) is 142 cm³/mol. The maximum atomic E-state index is 13.8. The maximum absolute atomic E-state index is 13.8. The average molecular weight is 494 g/mol. The van der Waals surface area contributed by atoms with Crippen LogP contribution in [0, 0.1) is 0 Å². The Labute approximate surface area is 215 Å². The fourth-order valence-corrected chi connectivity index (χ4v) is 4.10. The standard InChI is InChI=1S/C30H27N3O4/c1-32(27-17-9-10-19-31-27)29(36)25-15-7-5-13-23(25)24-14-6-8-16-26(24)30(37)33(20-18-28(34)35)21-22-11-3-2-4-12-22/h2-17,19H,18,20-21H2,1H3,(H,34,35). The van der Waals surface area contributed by atoms with Crippen molar-refractivity contribution < 1.29 is 19.5 Å². The van der Waals surface area contributed by atoms with Gasteiger partial charge in [0.05, 0.1) is 6.42 Å². The van der Waals surface area contributed by atoms with Crippen molar-refractivity contribution in [2.75, 3.05) is 18.5 Å². The molecular weight excluding hydrogens is 466 g/mol. The Morgan fingerprint density at radius 3 is 1.89 bits per heavy atom. The summed E-state index contributed by atoms with van der Waals surface area (Å²) in [6.07, 6.45) is 1.45. The first kappa shape index (κ1) is 25.3. The Morgan fingerprint density at radius 1 is 0.730 bits per heavy atom. The Kier molecular flexibility index (Phi) is 8.05. The minimum Gasteiger partial charge on any atom is -0.481 e. The van der Waals surface area contributed by atoms with Crippen LogP contribution in [0.3, 0.4) is 0 Å². The molecule has 0 bridgehead atoms. The molecule has 1 heterocycles. The summed E-state index contributed by atoms with van der Waals surface area (Å²) in [5, 5.41) is 9.27. The van der Waals surface area contributed by atoms with Crippen LogP contribution >= 0.6 is 0 Å². The normalized spacial score (nSPS) is 10.5. The SMILES string of the molecule is CN(C(=O)c1ccccc1-c1ccccc1C(=O)N(CCC(=O)O)Cc1ccccc1)c1ccccn1. The van der Waals surface area contributed by atoms with Crippen molar-refractivity contribution in [3.63, 3.8) is 0 Å². The number of nitrogens with zero attached hydrogens (tertiary/aromatic N) is 3. The van der Waals surface area contributed by atoms with E-state index in [0.717, 1.165) is 5.56 Å². The summed E-state index contributed by atoms with van der Waals surface area (Å²) >= 11 is 0. The summed E-state index contributed by atoms with van der Waals surface area (Å²) in [7, 11) is 1.66. The summed E-state index contributed by atoms with van der Waals surface area (Å²) in [6.45, 7) is 0.324. The minimum absolute atomic E-state index is 0.0559. The van der Waals surface area contributed by atoms with Gasteiger partial charge >= 0.3 is 5.97 Å². The largest absolute Gasteiger partial charge is 0.481 e. The fraction of sp³-hybridized carbons (Fsp3) is 0.133. The molecule has 0 aliphatic carbocycles. The number of pyridine rings is 1. The van der Waals surface area contributed by atoms with Crippen molar-refractivity contribution in [3.05, 3.63) is 120 Å². The first-order valence-corrected chi connectivity index (χ1v) is 11.9. The lowest BCUT2D eigenvalue weighted by molar-refractivity contribution is -0.137. The zero-order valence-electron chi connectivity index (χ0n) is 20.4. The first-order chi connectivity index (χ1) is 18.0. The van der Waals surface area contributed by atoms with Gasteiger partial charge in [-0.25, -0.2) is 4.98 Å². The highest BCUT2D eigenvalue weighted by molar-refractivity contribution is 6.11. The van der Waals surface area contributed by atoms with Crippen molar-refractivity contribution in [2.24, 2.45) is 0 Å². The molecule has 0 aliphatic heterocycles. The molecule has 0 atom stereocenters. The lowest BCUT2D eigenvalue weighted by Crippen LogP contribution is -2.33. The fourth-order valence-electron chi connectivity index (χ4n) is 4.10. The molecule has 7 nitrogen and oxygen atoms in total. The quantitative estimate of drug-likeness (QED) is 0.349. The highest BCUT2D eigenvalue weighted by Crippen LogP contribution is 2.30. The van der Waals surface area contributed by atoms with Gasteiger partial charge in [-0.05, 0) is 41.0 Å². The van der Waals surface area contributed by atoms with Gasteiger partial charge < -0.3 is 10.0 Å². The number of hydrogen-bond acceptors (Lipinski definition) is 4. The van der Waals surface area contributed by atoms with Crippen molar-refractivity contribution in [1.82, 2.24) is 9.88 Å². The van der Waals surface area contributed by atoms with Crippen molar-refractivity contribution in [1.29, 1.82) is 0 Å². The van der Waals surface area contributed by atoms with Crippen LogP contribution < -0.4 is 4.90 Å². The molecule has 2 amide bonds. The molecule has 4 rings (SSSR count). The van der Waals surface area contributed by atoms with Crippen molar-refractivity contribution in [3.8, 4) is 11.1 Å². The molecule has 0 aliphatic rings. The van der Waals surface area contributed by atoms with E-state index in [-0.39, 0.29) is 31.3 Å². The zero-order valence-corrected chi connectivity index (χ0v) is 20.4. The van der Waals surface area contributed by atoms with Crippen LogP contribution in [-0.2, 0) is 11.3 Å². The van der Waals surface area contributed by atoms with E-state index < -0.39 is 5.97 Å². The molecule has 0 fully saturated rings. The first-order valence-electron chi connectivity index (χ1n) is 11.9. The van der Waals surface area contributed by atoms with E-state index in [9.17, 15) is 19.5 Å². The van der Waals surface area contributed by atoms with Crippen LogP contribution in [0.2, 0.25) is 0 Å². The van der Waals surface area contributed by atoms with Crippen LogP contribution in [0.4, 0.5) is 5.82 Å². The summed E-state index contributed by atoms with van der Waals surface area (Å²) in [4.78, 5) is 45.9. The predicted octanol–water partition coefficient (Wildman–Crippen LogP) is 5.14.